The monoisotopic (exact) mass is 411 g/mol. The Hall–Kier alpha value is -2.04. The van der Waals surface area contributed by atoms with Crippen LogP contribution in [0.5, 0.6) is 11.5 Å². The number of rotatable bonds is 11. The predicted octanol–water partition coefficient (Wildman–Crippen LogP) is 4.71. The molecular weight excluding hydrogens is 374 g/mol. The van der Waals surface area contributed by atoms with Gasteiger partial charge in [-0.2, -0.15) is 0 Å². The number of aryl methyl sites for hydroxylation is 3. The summed E-state index contributed by atoms with van der Waals surface area (Å²) in [6.45, 7) is 2.08. The summed E-state index contributed by atoms with van der Waals surface area (Å²) >= 11 is 0. The van der Waals surface area contributed by atoms with Gasteiger partial charge in [0.15, 0.2) is 11.5 Å². The third kappa shape index (κ3) is 6.48. The lowest BCUT2D eigenvalue weighted by atomic mass is 9.88. The van der Waals surface area contributed by atoms with E-state index < -0.39 is 5.60 Å². The van der Waals surface area contributed by atoms with E-state index in [9.17, 15) is 5.11 Å². The molecule has 0 aromatic heterocycles. The topological polar surface area (TPSA) is 50.7 Å². The Morgan fingerprint density at radius 2 is 1.47 bits per heavy atom. The lowest BCUT2D eigenvalue weighted by Crippen LogP contribution is -2.29. The summed E-state index contributed by atoms with van der Waals surface area (Å²) in [5.41, 5.74) is 3.41. The molecule has 0 unspecified atom stereocenters. The number of hydrogen-bond acceptors (Lipinski definition) is 4. The van der Waals surface area contributed by atoms with E-state index in [1.54, 1.807) is 14.2 Å². The molecule has 2 N–H and O–H groups in total. The Balaban J connectivity index is 1.35. The minimum absolute atomic E-state index is 0.563. The molecular formula is C26H37NO3. The van der Waals surface area contributed by atoms with Gasteiger partial charge in [0.05, 0.1) is 19.8 Å². The van der Waals surface area contributed by atoms with Crippen molar-refractivity contribution in [1.29, 1.82) is 0 Å². The van der Waals surface area contributed by atoms with Crippen molar-refractivity contribution in [3.05, 3.63) is 59.2 Å². The van der Waals surface area contributed by atoms with Crippen molar-refractivity contribution in [2.24, 2.45) is 0 Å². The molecule has 0 atom stereocenters. The van der Waals surface area contributed by atoms with Crippen molar-refractivity contribution in [2.75, 3.05) is 27.3 Å². The van der Waals surface area contributed by atoms with E-state index in [-0.39, 0.29) is 0 Å². The van der Waals surface area contributed by atoms with Crippen molar-refractivity contribution in [3.8, 4) is 11.5 Å². The molecule has 2 aromatic carbocycles. The Bertz CT molecular complexity index is 740. The number of unbranched alkanes of at least 4 members (excludes halogenated alkanes) is 1. The first-order chi connectivity index (χ1) is 14.6. The van der Waals surface area contributed by atoms with Crippen molar-refractivity contribution in [3.63, 3.8) is 0 Å². The highest BCUT2D eigenvalue weighted by atomic mass is 16.5. The molecule has 2 aromatic rings. The minimum atomic E-state index is -0.563. The van der Waals surface area contributed by atoms with Crippen LogP contribution in [0.3, 0.4) is 0 Å². The average molecular weight is 412 g/mol. The van der Waals surface area contributed by atoms with E-state index in [1.807, 2.05) is 0 Å². The van der Waals surface area contributed by atoms with Crippen LogP contribution in [0.1, 0.15) is 55.2 Å². The highest BCUT2D eigenvalue weighted by molar-refractivity contribution is 5.48. The van der Waals surface area contributed by atoms with Crippen molar-refractivity contribution in [1.82, 2.24) is 5.32 Å². The second-order valence-electron chi connectivity index (χ2n) is 8.50. The van der Waals surface area contributed by atoms with Gasteiger partial charge in [-0.25, -0.2) is 0 Å². The minimum Gasteiger partial charge on any atom is -0.493 e. The molecule has 0 radical (unpaired) electrons. The number of fused-ring (bicyclic) bond motifs is 1. The molecule has 0 spiro atoms. The molecule has 4 nitrogen and oxygen atoms in total. The van der Waals surface area contributed by atoms with Crippen LogP contribution in [0.15, 0.2) is 42.5 Å². The molecule has 1 aliphatic rings. The Labute approximate surface area is 181 Å². The van der Waals surface area contributed by atoms with Crippen LogP contribution in [0.25, 0.3) is 0 Å². The van der Waals surface area contributed by atoms with Crippen LogP contribution in [0, 0.1) is 0 Å². The van der Waals surface area contributed by atoms with Gasteiger partial charge in [0.25, 0.3) is 0 Å². The maximum absolute atomic E-state index is 11.2. The summed E-state index contributed by atoms with van der Waals surface area (Å²) in [5.74, 6) is 1.56. The second-order valence-corrected chi connectivity index (χ2v) is 8.50. The molecule has 0 heterocycles. The first kappa shape index (κ1) is 22.6. The summed E-state index contributed by atoms with van der Waals surface area (Å²) in [6.07, 6.45) is 8.77. The lowest BCUT2D eigenvalue weighted by molar-refractivity contribution is 0.0149. The number of benzene rings is 2. The highest BCUT2D eigenvalue weighted by Gasteiger charge is 2.29. The average Bonchev–Trinajstić information content (AvgIpc) is 2.94. The first-order valence-electron chi connectivity index (χ1n) is 11.3. The van der Waals surface area contributed by atoms with Crippen LogP contribution < -0.4 is 14.8 Å². The Kier molecular flexibility index (Phi) is 8.59. The van der Waals surface area contributed by atoms with Crippen LogP contribution in [-0.2, 0) is 19.3 Å². The number of aliphatic hydroxyl groups is 1. The second kappa shape index (κ2) is 11.4. The van der Waals surface area contributed by atoms with Gasteiger partial charge in [0, 0.05) is 0 Å². The molecule has 0 aliphatic heterocycles. The van der Waals surface area contributed by atoms with Crippen molar-refractivity contribution in [2.45, 2.75) is 63.4 Å². The maximum Gasteiger partial charge on any atom is 0.161 e. The normalized spacial score (nSPS) is 15.3. The zero-order chi connectivity index (χ0) is 21.2. The number of nitrogens with one attached hydrogen (secondary N) is 1. The largest absolute Gasteiger partial charge is 0.493 e. The number of hydrogen-bond donors (Lipinski definition) is 2. The summed E-state index contributed by atoms with van der Waals surface area (Å²) in [4.78, 5) is 0. The lowest BCUT2D eigenvalue weighted by Gasteiger charge is -2.26. The molecule has 3 rings (SSSR count). The SMILES string of the molecule is COc1cc2c(cc1OC)CCC(O)(CCCCNCCCc1ccccc1)CC2. The van der Waals surface area contributed by atoms with Crippen molar-refractivity contribution >= 4 is 0 Å². The number of ether oxygens (including phenoxy) is 2. The fourth-order valence-electron chi connectivity index (χ4n) is 4.43. The van der Waals surface area contributed by atoms with Crippen LogP contribution in [-0.4, -0.2) is 38.0 Å². The molecule has 4 heteroatoms. The van der Waals surface area contributed by atoms with E-state index in [0.717, 1.165) is 76.0 Å². The van der Waals surface area contributed by atoms with E-state index in [2.05, 4.69) is 47.8 Å². The fraction of sp³-hybridized carbons (Fsp3) is 0.538. The molecule has 0 fully saturated rings. The molecule has 0 bridgehead atoms. The van der Waals surface area contributed by atoms with Crippen molar-refractivity contribution < 1.29 is 14.6 Å². The van der Waals surface area contributed by atoms with Gasteiger partial charge < -0.3 is 19.9 Å². The van der Waals surface area contributed by atoms with Crippen LogP contribution in [0.4, 0.5) is 0 Å². The quantitative estimate of drug-likeness (QED) is 0.415. The van der Waals surface area contributed by atoms with Gasteiger partial charge in [0.2, 0.25) is 0 Å². The summed E-state index contributed by atoms with van der Waals surface area (Å²) in [7, 11) is 3.35. The molecule has 0 amide bonds. The van der Waals surface area contributed by atoms with Gasteiger partial charge >= 0.3 is 0 Å². The molecule has 0 saturated carbocycles. The van der Waals surface area contributed by atoms with Gasteiger partial charge in [-0.3, -0.25) is 0 Å². The summed E-state index contributed by atoms with van der Waals surface area (Å²) in [6, 6.07) is 14.8. The molecule has 164 valence electrons. The standard InChI is InChI=1S/C26H37NO3/c1-29-24-19-22-12-15-26(28,16-13-23(22)20-25(24)30-2)14-6-7-17-27-18-8-11-21-9-4-3-5-10-21/h3-5,9-10,19-20,27-28H,6-8,11-18H2,1-2H3. The Morgan fingerprint density at radius 3 is 2.07 bits per heavy atom. The smallest absolute Gasteiger partial charge is 0.161 e. The first-order valence-corrected chi connectivity index (χ1v) is 11.3. The fourth-order valence-corrected chi connectivity index (χ4v) is 4.43. The van der Waals surface area contributed by atoms with Gasteiger partial charge in [-0.1, -0.05) is 30.3 Å². The van der Waals surface area contributed by atoms with Gasteiger partial charge in [0.1, 0.15) is 0 Å². The number of methoxy groups -OCH3 is 2. The zero-order valence-electron chi connectivity index (χ0n) is 18.6. The third-order valence-corrected chi connectivity index (χ3v) is 6.33. The maximum atomic E-state index is 11.2. The molecule has 30 heavy (non-hydrogen) atoms. The van der Waals surface area contributed by atoms with Gasteiger partial charge in [-0.15, -0.1) is 0 Å². The highest BCUT2D eigenvalue weighted by Crippen LogP contribution is 2.37. The molecule has 0 saturated heterocycles. The van der Waals surface area contributed by atoms with Crippen LogP contribution >= 0.6 is 0 Å². The van der Waals surface area contributed by atoms with Crippen LogP contribution in [0.2, 0.25) is 0 Å². The van der Waals surface area contributed by atoms with E-state index >= 15 is 0 Å². The van der Waals surface area contributed by atoms with E-state index in [0.29, 0.717) is 0 Å². The third-order valence-electron chi connectivity index (χ3n) is 6.33. The summed E-state index contributed by atoms with van der Waals surface area (Å²) < 4.78 is 10.9. The predicted molar refractivity (Wildman–Crippen MR) is 123 cm³/mol. The van der Waals surface area contributed by atoms with E-state index in [4.69, 9.17) is 9.47 Å². The van der Waals surface area contributed by atoms with Gasteiger partial charge in [-0.05, 0) is 99.7 Å². The Morgan fingerprint density at radius 1 is 0.867 bits per heavy atom. The summed E-state index contributed by atoms with van der Waals surface area (Å²) in [5, 5.41) is 14.7. The zero-order valence-corrected chi connectivity index (χ0v) is 18.6. The molecule has 1 aliphatic carbocycles. The van der Waals surface area contributed by atoms with E-state index in [1.165, 1.54) is 23.1 Å².